The van der Waals surface area contributed by atoms with Crippen molar-refractivity contribution in [1.82, 2.24) is 0 Å². The first-order chi connectivity index (χ1) is 11.8. The average Bonchev–Trinajstić information content (AvgIpc) is 2.55. The van der Waals surface area contributed by atoms with Crippen LogP contribution in [0.1, 0.15) is 44.6 Å². The number of esters is 2. The Kier molecular flexibility index (Phi) is 8.80. The maximum atomic E-state index is 12.0. The van der Waals surface area contributed by atoms with Crippen LogP contribution in [0, 0.1) is 0 Å². The van der Waals surface area contributed by atoms with Crippen LogP contribution >= 0.6 is 0 Å². The minimum atomic E-state index is -4.75. The molecule has 0 unspecified atom stereocenters. The molecule has 0 heterocycles. The second-order valence-corrected chi connectivity index (χ2v) is 5.28. The van der Waals surface area contributed by atoms with Gasteiger partial charge in [-0.25, -0.2) is 0 Å². The number of hydrogen-bond acceptors (Lipinski definition) is 5. The minimum absolute atomic E-state index is 0.0662. The van der Waals surface area contributed by atoms with Gasteiger partial charge in [-0.1, -0.05) is 31.9 Å². The fourth-order valence-electron chi connectivity index (χ4n) is 1.84. The van der Waals surface area contributed by atoms with Crippen molar-refractivity contribution in [2.24, 2.45) is 0 Å². The van der Waals surface area contributed by atoms with Gasteiger partial charge in [-0.3, -0.25) is 9.59 Å². The molecular weight excluding hydrogens is 341 g/mol. The third-order valence-electron chi connectivity index (χ3n) is 3.10. The normalized spacial score (nSPS) is 11.0. The van der Waals surface area contributed by atoms with Crippen LogP contribution in [0.3, 0.4) is 0 Å². The molecule has 1 aromatic carbocycles. The quantitative estimate of drug-likeness (QED) is 0.462. The largest absolute Gasteiger partial charge is 0.573 e. The first-order valence-corrected chi connectivity index (χ1v) is 7.96. The molecule has 25 heavy (non-hydrogen) atoms. The Balaban J connectivity index is 2.24. The van der Waals surface area contributed by atoms with Crippen LogP contribution in [0.5, 0.6) is 5.75 Å². The summed E-state index contributed by atoms with van der Waals surface area (Å²) in [7, 11) is 0. The van der Waals surface area contributed by atoms with Gasteiger partial charge in [-0.2, -0.15) is 0 Å². The van der Waals surface area contributed by atoms with Crippen LogP contribution in [0.15, 0.2) is 24.3 Å². The fourth-order valence-corrected chi connectivity index (χ4v) is 1.84. The number of hydrogen-bond donors (Lipinski definition) is 0. The van der Waals surface area contributed by atoms with Crippen molar-refractivity contribution >= 4 is 11.9 Å². The van der Waals surface area contributed by atoms with E-state index in [0.29, 0.717) is 12.2 Å². The Labute approximate surface area is 144 Å². The first-order valence-electron chi connectivity index (χ1n) is 7.96. The lowest BCUT2D eigenvalue weighted by molar-refractivity contribution is -0.274. The zero-order valence-corrected chi connectivity index (χ0v) is 13.9. The van der Waals surface area contributed by atoms with Gasteiger partial charge >= 0.3 is 18.3 Å². The zero-order valence-electron chi connectivity index (χ0n) is 13.9. The van der Waals surface area contributed by atoms with Crippen molar-refractivity contribution < 1.29 is 37.0 Å². The van der Waals surface area contributed by atoms with Crippen LogP contribution < -0.4 is 4.74 Å². The van der Waals surface area contributed by atoms with Crippen molar-refractivity contribution in [3.05, 3.63) is 29.8 Å². The van der Waals surface area contributed by atoms with Crippen LogP contribution in [-0.2, 0) is 25.7 Å². The van der Waals surface area contributed by atoms with Crippen LogP contribution in [-0.4, -0.2) is 24.9 Å². The van der Waals surface area contributed by atoms with E-state index >= 15 is 0 Å². The number of ether oxygens (including phenoxy) is 3. The van der Waals surface area contributed by atoms with Gasteiger partial charge in [0, 0.05) is 0 Å². The number of carbonyl (C=O) groups is 2. The Morgan fingerprint density at radius 1 is 0.960 bits per heavy atom. The Morgan fingerprint density at radius 2 is 1.56 bits per heavy atom. The maximum Gasteiger partial charge on any atom is 0.573 e. The van der Waals surface area contributed by atoms with E-state index in [1.54, 1.807) is 0 Å². The number of rotatable bonds is 10. The lowest BCUT2D eigenvalue weighted by atomic mass is 10.2. The molecule has 140 valence electrons. The smallest absolute Gasteiger partial charge is 0.466 e. The molecule has 0 aliphatic heterocycles. The number of benzene rings is 1. The molecule has 0 bridgehead atoms. The molecule has 5 nitrogen and oxygen atoms in total. The summed E-state index contributed by atoms with van der Waals surface area (Å²) in [6.45, 7) is 2.28. The van der Waals surface area contributed by atoms with E-state index in [0.717, 1.165) is 31.4 Å². The molecule has 0 aliphatic carbocycles. The fraction of sp³-hybridized carbons (Fsp3) is 0.529. The molecule has 1 aromatic rings. The molecular formula is C17H21F3O5. The van der Waals surface area contributed by atoms with Gasteiger partial charge in [0.15, 0.2) is 0 Å². The highest BCUT2D eigenvalue weighted by Crippen LogP contribution is 2.22. The van der Waals surface area contributed by atoms with Crippen LogP contribution in [0.2, 0.25) is 0 Å². The molecule has 0 saturated heterocycles. The van der Waals surface area contributed by atoms with Gasteiger partial charge in [0.2, 0.25) is 0 Å². The predicted octanol–water partition coefficient (Wildman–Crippen LogP) is 4.14. The van der Waals surface area contributed by atoms with Crippen molar-refractivity contribution in [3.63, 3.8) is 0 Å². The summed E-state index contributed by atoms with van der Waals surface area (Å²) >= 11 is 0. The lowest BCUT2D eigenvalue weighted by Gasteiger charge is -2.09. The molecule has 0 spiro atoms. The topological polar surface area (TPSA) is 61.8 Å². The second kappa shape index (κ2) is 10.6. The Bertz CT molecular complexity index is 540. The average molecular weight is 362 g/mol. The van der Waals surface area contributed by atoms with Crippen molar-refractivity contribution in [1.29, 1.82) is 0 Å². The Hall–Kier alpha value is -2.25. The summed E-state index contributed by atoms with van der Waals surface area (Å²) < 4.78 is 49.7. The SMILES string of the molecule is CCCCCOC(=O)CCC(=O)OCc1ccc(OC(F)(F)F)cc1. The van der Waals surface area contributed by atoms with Crippen molar-refractivity contribution in [2.75, 3.05) is 6.61 Å². The van der Waals surface area contributed by atoms with Gasteiger partial charge in [-0.15, -0.1) is 13.2 Å². The number of alkyl halides is 3. The van der Waals surface area contributed by atoms with Crippen molar-refractivity contribution in [3.8, 4) is 5.75 Å². The summed E-state index contributed by atoms with van der Waals surface area (Å²) in [6.07, 6.45) is -2.14. The van der Waals surface area contributed by atoms with E-state index in [2.05, 4.69) is 4.74 Å². The summed E-state index contributed by atoms with van der Waals surface area (Å²) in [5.41, 5.74) is 0.505. The predicted molar refractivity (Wildman–Crippen MR) is 82.6 cm³/mol. The molecule has 0 atom stereocenters. The second-order valence-electron chi connectivity index (χ2n) is 5.28. The van der Waals surface area contributed by atoms with E-state index in [-0.39, 0.29) is 25.2 Å². The van der Waals surface area contributed by atoms with Gasteiger partial charge < -0.3 is 14.2 Å². The highest BCUT2D eigenvalue weighted by Gasteiger charge is 2.30. The third kappa shape index (κ3) is 10.3. The minimum Gasteiger partial charge on any atom is -0.466 e. The summed E-state index contributed by atoms with van der Waals surface area (Å²) in [5.74, 6) is -1.39. The van der Waals surface area contributed by atoms with Gasteiger partial charge in [0.05, 0.1) is 19.4 Å². The highest BCUT2D eigenvalue weighted by atomic mass is 19.4. The van der Waals surface area contributed by atoms with E-state index < -0.39 is 18.3 Å². The number of carbonyl (C=O) groups excluding carboxylic acids is 2. The molecule has 0 aromatic heterocycles. The molecule has 0 radical (unpaired) electrons. The standard InChI is InChI=1S/C17H21F3O5/c1-2-3-4-11-23-15(21)9-10-16(22)24-12-13-5-7-14(8-6-13)25-17(18,19)20/h5-8H,2-4,9-12H2,1H3. The number of unbranched alkanes of at least 4 members (excludes halogenated alkanes) is 2. The maximum absolute atomic E-state index is 12.0. The summed E-state index contributed by atoms with van der Waals surface area (Å²) in [5, 5.41) is 0. The monoisotopic (exact) mass is 362 g/mol. The molecule has 8 heteroatoms. The molecule has 0 aliphatic rings. The first kappa shape index (κ1) is 20.8. The van der Waals surface area contributed by atoms with E-state index in [1.165, 1.54) is 12.1 Å². The zero-order chi connectivity index (χ0) is 18.7. The molecule has 0 N–H and O–H groups in total. The lowest BCUT2D eigenvalue weighted by Crippen LogP contribution is -2.17. The van der Waals surface area contributed by atoms with Crippen LogP contribution in [0.4, 0.5) is 13.2 Å². The van der Waals surface area contributed by atoms with Crippen LogP contribution in [0.25, 0.3) is 0 Å². The van der Waals surface area contributed by atoms with E-state index in [1.807, 2.05) is 6.92 Å². The van der Waals surface area contributed by atoms with Gasteiger partial charge in [0.25, 0.3) is 0 Å². The van der Waals surface area contributed by atoms with Gasteiger partial charge in [-0.05, 0) is 24.1 Å². The molecule has 1 rings (SSSR count). The molecule has 0 saturated carbocycles. The molecule has 0 fully saturated rings. The Morgan fingerprint density at radius 3 is 2.12 bits per heavy atom. The molecule has 0 amide bonds. The van der Waals surface area contributed by atoms with Crippen molar-refractivity contribution in [2.45, 2.75) is 52.0 Å². The third-order valence-corrected chi connectivity index (χ3v) is 3.10. The highest BCUT2D eigenvalue weighted by molar-refractivity contribution is 5.77. The summed E-state index contributed by atoms with van der Waals surface area (Å²) in [6, 6.07) is 4.97. The van der Waals surface area contributed by atoms with E-state index in [4.69, 9.17) is 9.47 Å². The number of halogens is 3. The summed E-state index contributed by atoms with van der Waals surface area (Å²) in [4.78, 5) is 22.9. The van der Waals surface area contributed by atoms with Gasteiger partial charge in [0.1, 0.15) is 12.4 Å². The van der Waals surface area contributed by atoms with E-state index in [9.17, 15) is 22.8 Å².